The van der Waals surface area contributed by atoms with Crippen LogP contribution in [0.4, 0.5) is 5.69 Å². The Bertz CT molecular complexity index is 1170. The first-order valence-corrected chi connectivity index (χ1v) is 11.0. The molecule has 0 aliphatic carbocycles. The summed E-state index contributed by atoms with van der Waals surface area (Å²) in [5, 5.41) is 12.6. The van der Waals surface area contributed by atoms with E-state index in [1.807, 2.05) is 43.3 Å². The van der Waals surface area contributed by atoms with E-state index in [9.17, 15) is 10.1 Å². The highest BCUT2D eigenvalue weighted by atomic mass is 79.9. The van der Waals surface area contributed by atoms with Gasteiger partial charge in [0.2, 0.25) is 0 Å². The summed E-state index contributed by atoms with van der Waals surface area (Å²) < 4.78 is 12.4. The highest BCUT2D eigenvalue weighted by Crippen LogP contribution is 2.38. The molecule has 5 nitrogen and oxygen atoms in total. The number of benzene rings is 3. The molecule has 3 aromatic carbocycles. The molecule has 0 heterocycles. The fourth-order valence-corrected chi connectivity index (χ4v) is 3.63. The maximum Gasteiger partial charge on any atom is 0.266 e. The van der Waals surface area contributed by atoms with Crippen LogP contribution in [-0.4, -0.2) is 12.5 Å². The Morgan fingerprint density at radius 2 is 1.84 bits per heavy atom. The van der Waals surface area contributed by atoms with Gasteiger partial charge in [-0.25, -0.2) is 0 Å². The molecule has 3 rings (SSSR count). The van der Waals surface area contributed by atoms with Gasteiger partial charge in [0.25, 0.3) is 5.91 Å². The number of nitriles is 1. The van der Waals surface area contributed by atoms with Crippen molar-refractivity contribution < 1.29 is 14.3 Å². The maximum atomic E-state index is 12.6. The molecule has 0 saturated carbocycles. The quantitative estimate of drug-likeness (QED) is 0.272. The molecule has 0 aliphatic rings. The maximum absolute atomic E-state index is 12.6. The van der Waals surface area contributed by atoms with Crippen LogP contribution in [0.2, 0.25) is 5.02 Å². The number of para-hydroxylation sites is 1. The first kappa shape index (κ1) is 23.4. The Labute approximate surface area is 200 Å². The summed E-state index contributed by atoms with van der Waals surface area (Å²) in [6.07, 6.45) is 1.49. The van der Waals surface area contributed by atoms with Gasteiger partial charge < -0.3 is 14.8 Å². The molecule has 0 radical (unpaired) electrons. The van der Waals surface area contributed by atoms with Gasteiger partial charge in [-0.3, -0.25) is 4.79 Å². The Hall–Kier alpha value is -3.27. The molecule has 0 saturated heterocycles. The summed E-state index contributed by atoms with van der Waals surface area (Å²) in [5.74, 6) is 0.499. The SMILES string of the molecule is CCOc1cc(/C=C(\C#N)C(=O)Nc2ccccc2Cl)cc(Br)c1OCc1ccccc1. The van der Waals surface area contributed by atoms with E-state index in [0.29, 0.717) is 45.5 Å². The van der Waals surface area contributed by atoms with Crippen molar-refractivity contribution in [1.82, 2.24) is 0 Å². The van der Waals surface area contributed by atoms with E-state index in [4.69, 9.17) is 21.1 Å². The van der Waals surface area contributed by atoms with Crippen LogP contribution in [0.3, 0.4) is 0 Å². The van der Waals surface area contributed by atoms with Gasteiger partial charge in [-0.1, -0.05) is 54.1 Å². The summed E-state index contributed by atoms with van der Waals surface area (Å²) >= 11 is 9.61. The number of hydrogen-bond acceptors (Lipinski definition) is 4. The van der Waals surface area contributed by atoms with Crippen molar-refractivity contribution in [2.75, 3.05) is 11.9 Å². The minimum Gasteiger partial charge on any atom is -0.490 e. The van der Waals surface area contributed by atoms with E-state index in [0.717, 1.165) is 5.56 Å². The van der Waals surface area contributed by atoms with E-state index in [2.05, 4.69) is 21.2 Å². The molecule has 0 aliphatic heterocycles. The third-order valence-corrected chi connectivity index (χ3v) is 5.27. The number of carbonyl (C=O) groups is 1. The lowest BCUT2D eigenvalue weighted by Crippen LogP contribution is -2.13. The number of carbonyl (C=O) groups excluding carboxylic acids is 1. The summed E-state index contributed by atoms with van der Waals surface area (Å²) in [6.45, 7) is 2.67. The highest BCUT2D eigenvalue weighted by molar-refractivity contribution is 9.10. The summed E-state index contributed by atoms with van der Waals surface area (Å²) in [5.41, 5.74) is 1.99. The molecule has 0 spiro atoms. The van der Waals surface area contributed by atoms with Gasteiger partial charge in [-0.2, -0.15) is 5.26 Å². The monoisotopic (exact) mass is 510 g/mol. The Kier molecular flexibility index (Phi) is 8.32. The van der Waals surface area contributed by atoms with Crippen LogP contribution in [0.15, 0.2) is 76.8 Å². The molecule has 0 unspecified atom stereocenters. The number of amides is 1. The molecule has 1 amide bonds. The van der Waals surface area contributed by atoms with Gasteiger partial charge in [0.1, 0.15) is 18.2 Å². The zero-order chi connectivity index (χ0) is 22.9. The lowest BCUT2D eigenvalue weighted by atomic mass is 10.1. The van der Waals surface area contributed by atoms with Crippen molar-refractivity contribution in [3.8, 4) is 17.6 Å². The molecule has 0 fully saturated rings. The summed E-state index contributed by atoms with van der Waals surface area (Å²) in [6, 6.07) is 22.1. The number of nitrogens with one attached hydrogen (secondary N) is 1. The predicted molar refractivity (Wildman–Crippen MR) is 130 cm³/mol. The van der Waals surface area contributed by atoms with Gasteiger partial charge in [-0.05, 0) is 64.3 Å². The summed E-state index contributed by atoms with van der Waals surface area (Å²) in [4.78, 5) is 12.6. The lowest BCUT2D eigenvalue weighted by molar-refractivity contribution is -0.112. The first-order chi connectivity index (χ1) is 15.5. The standard InChI is InChI=1S/C25H20BrClN2O3/c1-2-31-23-14-18(13-20(26)24(23)32-16-17-8-4-3-5-9-17)12-19(15-28)25(30)29-22-11-7-6-10-21(22)27/h3-14H,2,16H2,1H3,(H,29,30)/b19-12+. The third-order valence-electron chi connectivity index (χ3n) is 4.36. The number of nitrogens with zero attached hydrogens (tertiary/aromatic N) is 1. The molecule has 0 bridgehead atoms. The molecule has 0 aromatic heterocycles. The van der Waals surface area contributed by atoms with Gasteiger partial charge in [-0.15, -0.1) is 0 Å². The van der Waals surface area contributed by atoms with Crippen LogP contribution in [-0.2, 0) is 11.4 Å². The van der Waals surface area contributed by atoms with Gasteiger partial charge in [0.15, 0.2) is 11.5 Å². The van der Waals surface area contributed by atoms with E-state index < -0.39 is 5.91 Å². The Balaban J connectivity index is 1.86. The van der Waals surface area contributed by atoms with Crippen molar-refractivity contribution >= 4 is 45.2 Å². The van der Waals surface area contributed by atoms with E-state index >= 15 is 0 Å². The minimum atomic E-state index is -0.556. The molecular weight excluding hydrogens is 492 g/mol. The average molecular weight is 512 g/mol. The molecule has 162 valence electrons. The molecule has 0 atom stereocenters. The number of halogens is 2. The molecular formula is C25H20BrClN2O3. The van der Waals surface area contributed by atoms with Crippen molar-refractivity contribution in [2.24, 2.45) is 0 Å². The minimum absolute atomic E-state index is 0.0720. The van der Waals surface area contributed by atoms with Crippen LogP contribution in [0.25, 0.3) is 6.08 Å². The molecule has 32 heavy (non-hydrogen) atoms. The second-order valence-corrected chi connectivity index (χ2v) is 7.90. The fraction of sp³-hybridized carbons (Fsp3) is 0.120. The average Bonchev–Trinajstić information content (AvgIpc) is 2.79. The predicted octanol–water partition coefficient (Wildman–Crippen LogP) is 6.63. The number of rotatable bonds is 8. The van der Waals surface area contributed by atoms with Crippen LogP contribution >= 0.6 is 27.5 Å². The van der Waals surface area contributed by atoms with Crippen molar-refractivity contribution in [3.05, 3.63) is 92.9 Å². The zero-order valence-corrected chi connectivity index (χ0v) is 19.6. The first-order valence-electron chi connectivity index (χ1n) is 9.82. The highest BCUT2D eigenvalue weighted by Gasteiger charge is 2.15. The van der Waals surface area contributed by atoms with Crippen LogP contribution in [0.5, 0.6) is 11.5 Å². The number of hydrogen-bond donors (Lipinski definition) is 1. The number of anilines is 1. The van der Waals surface area contributed by atoms with Crippen LogP contribution in [0.1, 0.15) is 18.1 Å². The van der Waals surface area contributed by atoms with Gasteiger partial charge in [0.05, 0.1) is 21.8 Å². The Morgan fingerprint density at radius 3 is 2.53 bits per heavy atom. The van der Waals surface area contributed by atoms with Crippen molar-refractivity contribution in [1.29, 1.82) is 5.26 Å². The number of ether oxygens (including phenoxy) is 2. The van der Waals surface area contributed by atoms with Crippen LogP contribution in [0, 0.1) is 11.3 Å². The van der Waals surface area contributed by atoms with E-state index in [-0.39, 0.29) is 5.57 Å². The van der Waals surface area contributed by atoms with Crippen LogP contribution < -0.4 is 14.8 Å². The fourth-order valence-electron chi connectivity index (χ4n) is 2.87. The van der Waals surface area contributed by atoms with E-state index in [1.165, 1.54) is 6.08 Å². The van der Waals surface area contributed by atoms with Gasteiger partial charge >= 0.3 is 0 Å². The molecule has 7 heteroatoms. The zero-order valence-electron chi connectivity index (χ0n) is 17.3. The largest absolute Gasteiger partial charge is 0.490 e. The second-order valence-electron chi connectivity index (χ2n) is 6.64. The van der Waals surface area contributed by atoms with Crippen molar-refractivity contribution in [2.45, 2.75) is 13.5 Å². The molecule has 3 aromatic rings. The molecule has 1 N–H and O–H groups in total. The topological polar surface area (TPSA) is 71.3 Å². The van der Waals surface area contributed by atoms with E-state index in [1.54, 1.807) is 36.4 Å². The van der Waals surface area contributed by atoms with Gasteiger partial charge in [0, 0.05) is 0 Å². The second kappa shape index (κ2) is 11.4. The smallest absolute Gasteiger partial charge is 0.266 e. The summed E-state index contributed by atoms with van der Waals surface area (Å²) in [7, 11) is 0. The third kappa shape index (κ3) is 6.13. The lowest BCUT2D eigenvalue weighted by Gasteiger charge is -2.15. The normalized spacial score (nSPS) is 10.9. The Morgan fingerprint density at radius 1 is 1.12 bits per heavy atom. The van der Waals surface area contributed by atoms with Crippen molar-refractivity contribution in [3.63, 3.8) is 0 Å².